The Morgan fingerprint density at radius 1 is 1.04 bits per heavy atom. The number of rotatable bonds is 7. The lowest BCUT2D eigenvalue weighted by molar-refractivity contribution is 0.0943. The molecule has 0 aliphatic rings. The highest BCUT2D eigenvalue weighted by atomic mass is 32.2. The number of aryl methyl sites for hydroxylation is 1. The Hall–Kier alpha value is -2.18. The minimum absolute atomic E-state index is 0.0670. The van der Waals surface area contributed by atoms with E-state index in [0.29, 0.717) is 12.1 Å². The normalized spacial score (nSPS) is 11.8. The summed E-state index contributed by atoms with van der Waals surface area (Å²) >= 11 is 0. The van der Waals surface area contributed by atoms with E-state index in [4.69, 9.17) is 0 Å². The van der Waals surface area contributed by atoms with Crippen LogP contribution in [0, 0.1) is 6.92 Å². The smallest absolute Gasteiger partial charge is 0.251 e. The second-order valence-electron chi connectivity index (χ2n) is 6.57. The van der Waals surface area contributed by atoms with Gasteiger partial charge < -0.3 is 5.32 Å². The number of sulfonamides is 1. The fourth-order valence-corrected chi connectivity index (χ4v) is 3.97. The average Bonchev–Trinajstić information content (AvgIpc) is 2.59. The van der Waals surface area contributed by atoms with Gasteiger partial charge in [-0.3, -0.25) is 4.79 Å². The first kappa shape index (κ1) is 20.1. The summed E-state index contributed by atoms with van der Waals surface area (Å²) in [6.45, 7) is 8.18. The monoisotopic (exact) mass is 374 g/mol. The standard InChI is InChI=1S/C20H26N2O3S/c1-5-22(26(24,25)19-12-6-16(4)7-13-19)14-17-8-10-18(11-9-17)20(23)21-15(2)3/h6-13,15H,5,14H2,1-4H3,(H,21,23). The lowest BCUT2D eigenvalue weighted by atomic mass is 10.1. The highest BCUT2D eigenvalue weighted by Gasteiger charge is 2.23. The van der Waals surface area contributed by atoms with Crippen molar-refractivity contribution in [2.45, 2.75) is 45.2 Å². The Bertz CT molecular complexity index is 842. The van der Waals surface area contributed by atoms with Crippen LogP contribution in [0.4, 0.5) is 0 Å². The van der Waals surface area contributed by atoms with Gasteiger partial charge in [0, 0.05) is 24.7 Å². The molecule has 0 saturated carbocycles. The summed E-state index contributed by atoms with van der Waals surface area (Å²) in [4.78, 5) is 12.3. The van der Waals surface area contributed by atoms with Crippen LogP contribution in [-0.4, -0.2) is 31.2 Å². The third-order valence-electron chi connectivity index (χ3n) is 4.01. The molecule has 2 aromatic rings. The highest BCUT2D eigenvalue weighted by Crippen LogP contribution is 2.19. The summed E-state index contributed by atoms with van der Waals surface area (Å²) < 4.78 is 27.1. The summed E-state index contributed by atoms with van der Waals surface area (Å²) in [5.74, 6) is -0.133. The van der Waals surface area contributed by atoms with Crippen LogP contribution in [0.25, 0.3) is 0 Å². The molecule has 6 heteroatoms. The van der Waals surface area contributed by atoms with Crippen LogP contribution in [0.15, 0.2) is 53.4 Å². The summed E-state index contributed by atoms with van der Waals surface area (Å²) in [5.41, 5.74) is 2.41. The fourth-order valence-electron chi connectivity index (χ4n) is 2.54. The molecule has 0 heterocycles. The summed E-state index contributed by atoms with van der Waals surface area (Å²) in [5, 5.41) is 2.84. The number of hydrogen-bond donors (Lipinski definition) is 1. The van der Waals surface area contributed by atoms with Crippen molar-refractivity contribution in [3.63, 3.8) is 0 Å². The Kier molecular flexibility index (Phi) is 6.56. The topological polar surface area (TPSA) is 66.5 Å². The molecule has 2 aromatic carbocycles. The van der Waals surface area contributed by atoms with E-state index >= 15 is 0 Å². The first-order valence-corrected chi connectivity index (χ1v) is 10.1. The van der Waals surface area contributed by atoms with Gasteiger partial charge in [0.15, 0.2) is 0 Å². The molecule has 0 aliphatic heterocycles. The first-order chi connectivity index (χ1) is 12.2. The van der Waals surface area contributed by atoms with Crippen molar-refractivity contribution < 1.29 is 13.2 Å². The first-order valence-electron chi connectivity index (χ1n) is 8.70. The van der Waals surface area contributed by atoms with Crippen molar-refractivity contribution in [3.05, 3.63) is 65.2 Å². The third-order valence-corrected chi connectivity index (χ3v) is 5.94. The average molecular weight is 375 g/mol. The van der Waals surface area contributed by atoms with Gasteiger partial charge in [-0.25, -0.2) is 8.42 Å². The molecule has 2 rings (SSSR count). The van der Waals surface area contributed by atoms with Crippen molar-refractivity contribution in [1.29, 1.82) is 0 Å². The lowest BCUT2D eigenvalue weighted by Gasteiger charge is -2.21. The van der Waals surface area contributed by atoms with Crippen molar-refractivity contribution in [2.24, 2.45) is 0 Å². The molecular weight excluding hydrogens is 348 g/mol. The van der Waals surface area contributed by atoms with Crippen LogP contribution in [0.1, 0.15) is 42.3 Å². The minimum Gasteiger partial charge on any atom is -0.350 e. The molecule has 0 saturated heterocycles. The van der Waals surface area contributed by atoms with E-state index in [1.807, 2.05) is 27.7 Å². The Labute approximate surface area is 156 Å². The molecule has 1 amide bonds. The maximum Gasteiger partial charge on any atom is 0.251 e. The zero-order chi connectivity index (χ0) is 19.3. The summed E-state index contributed by atoms with van der Waals surface area (Å²) in [6, 6.07) is 14.0. The molecule has 5 nitrogen and oxygen atoms in total. The van der Waals surface area contributed by atoms with Crippen molar-refractivity contribution in [1.82, 2.24) is 9.62 Å². The molecule has 0 aliphatic carbocycles. The number of carbonyl (C=O) groups is 1. The van der Waals surface area contributed by atoms with Gasteiger partial charge in [0.2, 0.25) is 10.0 Å². The van der Waals surface area contributed by atoms with E-state index < -0.39 is 10.0 Å². The molecule has 0 aromatic heterocycles. The zero-order valence-corrected chi connectivity index (χ0v) is 16.5. The number of carbonyl (C=O) groups excluding carboxylic acids is 1. The maximum atomic E-state index is 12.8. The second-order valence-corrected chi connectivity index (χ2v) is 8.51. The SMILES string of the molecule is CCN(Cc1ccc(C(=O)NC(C)C)cc1)S(=O)(=O)c1ccc(C)cc1. The number of nitrogens with zero attached hydrogens (tertiary/aromatic N) is 1. The molecule has 1 N–H and O–H groups in total. The molecule has 0 fully saturated rings. The van der Waals surface area contributed by atoms with E-state index in [0.717, 1.165) is 11.1 Å². The maximum absolute atomic E-state index is 12.8. The molecule has 0 radical (unpaired) electrons. The Morgan fingerprint density at radius 2 is 1.62 bits per heavy atom. The van der Waals surface area contributed by atoms with E-state index in [9.17, 15) is 13.2 Å². The van der Waals surface area contributed by atoms with E-state index in [2.05, 4.69) is 5.32 Å². The van der Waals surface area contributed by atoms with E-state index in [1.54, 1.807) is 48.5 Å². The van der Waals surface area contributed by atoms with Gasteiger partial charge in [-0.05, 0) is 50.6 Å². The van der Waals surface area contributed by atoms with Crippen LogP contribution < -0.4 is 5.32 Å². The van der Waals surface area contributed by atoms with Crippen LogP contribution in [0.5, 0.6) is 0 Å². The predicted molar refractivity (Wildman–Crippen MR) is 103 cm³/mol. The van der Waals surface area contributed by atoms with Crippen LogP contribution in [-0.2, 0) is 16.6 Å². The fraction of sp³-hybridized carbons (Fsp3) is 0.350. The minimum atomic E-state index is -3.55. The van der Waals surface area contributed by atoms with Crippen LogP contribution in [0.2, 0.25) is 0 Å². The number of hydrogen-bond acceptors (Lipinski definition) is 3. The molecule has 0 unspecified atom stereocenters. The molecule has 0 bridgehead atoms. The van der Waals surface area contributed by atoms with Gasteiger partial charge in [0.1, 0.15) is 0 Å². The van der Waals surface area contributed by atoms with Gasteiger partial charge in [-0.15, -0.1) is 0 Å². The van der Waals surface area contributed by atoms with Gasteiger partial charge in [-0.1, -0.05) is 36.8 Å². The highest BCUT2D eigenvalue weighted by molar-refractivity contribution is 7.89. The number of amides is 1. The lowest BCUT2D eigenvalue weighted by Crippen LogP contribution is -2.31. The Morgan fingerprint density at radius 3 is 2.12 bits per heavy atom. The quantitative estimate of drug-likeness (QED) is 0.808. The molecule has 0 spiro atoms. The van der Waals surface area contributed by atoms with Crippen LogP contribution >= 0.6 is 0 Å². The van der Waals surface area contributed by atoms with Gasteiger partial charge >= 0.3 is 0 Å². The van der Waals surface area contributed by atoms with Crippen molar-refractivity contribution in [2.75, 3.05) is 6.54 Å². The third kappa shape index (κ3) is 4.93. The predicted octanol–water partition coefficient (Wildman–Crippen LogP) is 3.34. The second kappa shape index (κ2) is 8.47. The molecule has 140 valence electrons. The zero-order valence-electron chi connectivity index (χ0n) is 15.7. The molecule has 0 atom stereocenters. The largest absolute Gasteiger partial charge is 0.350 e. The van der Waals surface area contributed by atoms with Crippen molar-refractivity contribution >= 4 is 15.9 Å². The van der Waals surface area contributed by atoms with Gasteiger partial charge in [-0.2, -0.15) is 4.31 Å². The van der Waals surface area contributed by atoms with Crippen molar-refractivity contribution in [3.8, 4) is 0 Å². The van der Waals surface area contributed by atoms with Gasteiger partial charge in [0.05, 0.1) is 4.90 Å². The van der Waals surface area contributed by atoms with E-state index in [-0.39, 0.29) is 23.4 Å². The summed E-state index contributed by atoms with van der Waals surface area (Å²) in [7, 11) is -3.55. The summed E-state index contributed by atoms with van der Waals surface area (Å²) in [6.07, 6.45) is 0. The van der Waals surface area contributed by atoms with Crippen LogP contribution in [0.3, 0.4) is 0 Å². The number of benzene rings is 2. The molecular formula is C20H26N2O3S. The van der Waals surface area contributed by atoms with Gasteiger partial charge in [0.25, 0.3) is 5.91 Å². The number of nitrogens with one attached hydrogen (secondary N) is 1. The molecule has 26 heavy (non-hydrogen) atoms. The Balaban J connectivity index is 2.17. The van der Waals surface area contributed by atoms with E-state index in [1.165, 1.54) is 4.31 Å².